The molecule has 1 saturated heterocycles. The van der Waals surface area contributed by atoms with Gasteiger partial charge < -0.3 is 23.2 Å². The van der Waals surface area contributed by atoms with E-state index in [-0.39, 0.29) is 27.3 Å². The predicted molar refractivity (Wildman–Crippen MR) is 130 cm³/mol. The van der Waals surface area contributed by atoms with Crippen molar-refractivity contribution in [1.82, 2.24) is 4.90 Å². The van der Waals surface area contributed by atoms with Gasteiger partial charge in [0, 0.05) is 24.7 Å². The summed E-state index contributed by atoms with van der Waals surface area (Å²) in [6, 6.07) is 0. The Kier molecular flexibility index (Phi) is 12.7. The van der Waals surface area contributed by atoms with Crippen LogP contribution in [0.25, 0.3) is 4.98 Å². The van der Waals surface area contributed by atoms with Gasteiger partial charge in [-0.2, -0.15) is 6.92 Å². The fourth-order valence-corrected chi connectivity index (χ4v) is 7.38. The first-order valence-electron chi connectivity index (χ1n) is 10.5. The van der Waals surface area contributed by atoms with Gasteiger partial charge in [-0.25, -0.2) is 5.92 Å². The van der Waals surface area contributed by atoms with Gasteiger partial charge in [-0.05, 0) is 39.6 Å². The van der Waals surface area contributed by atoms with E-state index < -0.39 is 8.24 Å². The Labute approximate surface area is 202 Å². The predicted octanol–water partition coefficient (Wildman–Crippen LogP) is 6.37. The van der Waals surface area contributed by atoms with Crippen molar-refractivity contribution in [1.29, 1.82) is 0 Å². The number of hydrogen-bond donors (Lipinski definition) is 0. The van der Waals surface area contributed by atoms with Gasteiger partial charge in [-0.3, -0.25) is 11.8 Å². The summed E-state index contributed by atoms with van der Waals surface area (Å²) in [7, 11) is -1.79. The number of nitrogens with zero attached hydrogens (tertiary/aromatic N) is 2. The van der Waals surface area contributed by atoms with E-state index in [1.165, 1.54) is 42.4 Å². The van der Waals surface area contributed by atoms with Gasteiger partial charge in [0.05, 0.1) is 0 Å². The van der Waals surface area contributed by atoms with Gasteiger partial charge in [0.15, 0.2) is 0 Å². The Morgan fingerprint density at radius 1 is 1.17 bits per heavy atom. The molecule has 1 radical (unpaired) electrons. The van der Waals surface area contributed by atoms with Crippen LogP contribution in [0.15, 0.2) is 46.8 Å². The van der Waals surface area contributed by atoms with Crippen LogP contribution in [0.3, 0.4) is 0 Å². The first-order chi connectivity index (χ1) is 13.7. The van der Waals surface area contributed by atoms with E-state index in [9.17, 15) is 0 Å². The first-order valence-corrected chi connectivity index (χ1v) is 13.5. The normalized spacial score (nSPS) is 19.1. The van der Waals surface area contributed by atoms with Crippen molar-refractivity contribution in [2.24, 2.45) is 5.92 Å². The number of hydrogen-bond acceptors (Lipinski definition) is 1. The third kappa shape index (κ3) is 8.13. The fourth-order valence-electron chi connectivity index (χ4n) is 4.13. The summed E-state index contributed by atoms with van der Waals surface area (Å²) in [5.74, 6) is 7.13. The average Bonchev–Trinajstić information content (AvgIpc) is 3.30. The third-order valence-electron chi connectivity index (χ3n) is 4.88. The molecule has 30 heavy (non-hydrogen) atoms. The van der Waals surface area contributed by atoms with Crippen LogP contribution in [0.5, 0.6) is 0 Å². The molecule has 159 valence electrons. The Morgan fingerprint density at radius 3 is 2.23 bits per heavy atom. The molecule has 3 rings (SSSR count). The molecule has 1 unspecified atom stereocenters. The summed E-state index contributed by atoms with van der Waals surface area (Å²) < 4.78 is 0. The maximum Gasteiger partial charge on any atom is 3.00 e. The molecule has 0 N–H and O–H groups in total. The zero-order valence-electron chi connectivity index (χ0n) is 19.9. The van der Waals surface area contributed by atoms with Crippen molar-refractivity contribution in [3.63, 3.8) is 0 Å². The standard InChI is InChI=1S/C19H29N2Si.C5H3.C2H5.Ti/c1-19(2,3)20-22(4,5)18-14-17(21-12-8-9-13-21)15-10-6-7-11-16(15)18;1-3-5-4-2;1-2;/h6-7,10-11,14-15H,8-9,12-13H2,1-5H3;1H3;1H2,2H3;/q3*-1;+3. The molecule has 1 fully saturated rings. The van der Waals surface area contributed by atoms with Gasteiger partial charge in [-0.15, -0.1) is 5.54 Å². The molecule has 3 aliphatic rings. The summed E-state index contributed by atoms with van der Waals surface area (Å²) in [5, 5.41) is 1.54. The largest absolute Gasteiger partial charge is 3.00 e. The molecule has 0 aromatic carbocycles. The van der Waals surface area contributed by atoms with Crippen LogP contribution in [0.1, 0.15) is 47.5 Å². The fraction of sp³-hybridized carbons (Fsp3) is 0.500. The Morgan fingerprint density at radius 2 is 1.77 bits per heavy atom. The number of likely N-dealkylation sites (tertiary alicyclic amines) is 1. The van der Waals surface area contributed by atoms with Crippen molar-refractivity contribution in [3.8, 4) is 17.8 Å². The molecule has 1 aliphatic heterocycles. The SMILES string of the molecule is CC(C)(C)[N-][Si](C)(C)C1=C2C=CC=CC2C(N2CCCC2)=C1.[C-]#CC#CC.[CH2-]C.[Ti+3]. The van der Waals surface area contributed by atoms with Crippen LogP contribution in [-0.4, -0.2) is 31.8 Å². The topological polar surface area (TPSA) is 17.3 Å². The zero-order valence-corrected chi connectivity index (χ0v) is 22.5. The maximum atomic E-state index is 6.18. The summed E-state index contributed by atoms with van der Waals surface area (Å²) in [6.07, 6.45) is 20.4. The smallest absolute Gasteiger partial charge is 0.656 e. The van der Waals surface area contributed by atoms with Crippen LogP contribution >= 0.6 is 0 Å². The van der Waals surface area contributed by atoms with Crippen molar-refractivity contribution in [2.75, 3.05) is 13.1 Å². The molecule has 2 aliphatic carbocycles. The minimum atomic E-state index is -1.79. The van der Waals surface area contributed by atoms with E-state index in [1.54, 1.807) is 13.8 Å². The van der Waals surface area contributed by atoms with Crippen molar-refractivity contribution in [2.45, 2.75) is 66.1 Å². The molecule has 0 saturated carbocycles. The Bertz CT molecular complexity index is 771. The minimum Gasteiger partial charge on any atom is -0.656 e. The zero-order chi connectivity index (χ0) is 22.1. The maximum absolute atomic E-state index is 6.18. The first kappa shape index (κ1) is 28.8. The number of allylic oxidation sites excluding steroid dienone is 6. The molecular formula is C26H37N2SiTi. The molecular weight excluding hydrogens is 416 g/mol. The molecule has 4 heteroatoms. The van der Waals surface area contributed by atoms with Gasteiger partial charge in [-0.1, -0.05) is 63.4 Å². The minimum absolute atomic E-state index is 0. The van der Waals surface area contributed by atoms with Gasteiger partial charge >= 0.3 is 21.7 Å². The Balaban J connectivity index is 0.000000927. The average molecular weight is 454 g/mol. The van der Waals surface area contributed by atoms with Crippen molar-refractivity contribution >= 4 is 8.24 Å². The molecule has 0 aromatic heterocycles. The van der Waals surface area contributed by atoms with Crippen LogP contribution in [0.4, 0.5) is 0 Å². The second kappa shape index (κ2) is 13.2. The monoisotopic (exact) mass is 453 g/mol. The van der Waals surface area contributed by atoms with E-state index in [2.05, 4.69) is 87.9 Å². The molecule has 0 spiro atoms. The van der Waals surface area contributed by atoms with Gasteiger partial charge in [0.1, 0.15) is 0 Å². The Hall–Kier alpha value is -1.23. The number of fused-ring (bicyclic) bond motifs is 1. The molecule has 2 nitrogen and oxygen atoms in total. The van der Waals surface area contributed by atoms with E-state index in [0.29, 0.717) is 5.92 Å². The van der Waals surface area contributed by atoms with Crippen LogP contribution in [0, 0.1) is 37.0 Å². The number of rotatable bonds is 3. The van der Waals surface area contributed by atoms with Gasteiger partial charge in [0.2, 0.25) is 0 Å². The summed E-state index contributed by atoms with van der Waals surface area (Å²) in [5.41, 5.74) is 3.07. The van der Waals surface area contributed by atoms with E-state index in [4.69, 9.17) is 11.4 Å². The summed E-state index contributed by atoms with van der Waals surface area (Å²) in [6.45, 7) is 20.6. The quantitative estimate of drug-likeness (QED) is 0.276. The molecule has 1 heterocycles. The summed E-state index contributed by atoms with van der Waals surface area (Å²) in [4.78, 5) is 7.84. The molecule has 0 aromatic rings. The van der Waals surface area contributed by atoms with E-state index in [0.717, 1.165) is 0 Å². The van der Waals surface area contributed by atoms with Crippen LogP contribution < -0.4 is 0 Å². The summed E-state index contributed by atoms with van der Waals surface area (Å²) >= 11 is 0. The second-order valence-electron chi connectivity index (χ2n) is 8.70. The molecule has 1 atom stereocenters. The third-order valence-corrected chi connectivity index (χ3v) is 7.86. The van der Waals surface area contributed by atoms with Crippen LogP contribution in [0.2, 0.25) is 13.1 Å². The van der Waals surface area contributed by atoms with Crippen molar-refractivity contribution in [3.05, 3.63) is 65.2 Å². The molecule has 0 bridgehead atoms. The van der Waals surface area contributed by atoms with E-state index in [1.807, 2.05) is 5.92 Å². The van der Waals surface area contributed by atoms with Gasteiger partial charge in [0.25, 0.3) is 0 Å². The second-order valence-corrected chi connectivity index (χ2v) is 12.6. The van der Waals surface area contributed by atoms with Crippen molar-refractivity contribution < 1.29 is 21.7 Å². The molecule has 0 amide bonds. The van der Waals surface area contributed by atoms with Crippen LogP contribution in [-0.2, 0) is 21.7 Å². The van der Waals surface area contributed by atoms with E-state index >= 15 is 0 Å².